The Balaban J connectivity index is 1.88. The van der Waals surface area contributed by atoms with Crippen molar-refractivity contribution >= 4 is 10.0 Å². The van der Waals surface area contributed by atoms with Gasteiger partial charge in [-0.25, -0.2) is 8.42 Å². The molecule has 5 nitrogen and oxygen atoms in total. The van der Waals surface area contributed by atoms with Crippen LogP contribution in [0.25, 0.3) is 0 Å². The molecule has 3 rings (SSSR count). The second-order valence-electron chi connectivity index (χ2n) is 6.51. The van der Waals surface area contributed by atoms with Crippen molar-refractivity contribution in [1.29, 1.82) is 0 Å². The molecule has 0 aliphatic carbocycles. The second-order valence-corrected chi connectivity index (χ2v) is 8.44. The zero-order valence-electron chi connectivity index (χ0n) is 12.5. The molecule has 2 N–H and O–H groups in total. The Kier molecular flexibility index (Phi) is 3.50. The molecule has 2 atom stereocenters. The zero-order valence-corrected chi connectivity index (χ0v) is 13.3. The zero-order chi connectivity index (χ0) is 15.3. The average molecular weight is 310 g/mol. The molecule has 2 aliphatic rings. The number of hydrogen-bond acceptors (Lipinski definition) is 4. The monoisotopic (exact) mass is 310 g/mol. The molecule has 1 saturated heterocycles. The second kappa shape index (κ2) is 4.97. The first-order valence-corrected chi connectivity index (χ1v) is 8.78. The Bertz CT molecular complexity index is 659. The van der Waals surface area contributed by atoms with Gasteiger partial charge in [-0.1, -0.05) is 6.92 Å². The van der Waals surface area contributed by atoms with Crippen LogP contribution >= 0.6 is 0 Å². The van der Waals surface area contributed by atoms with E-state index in [2.05, 4.69) is 0 Å². The minimum Gasteiger partial charge on any atom is -0.490 e. The maximum atomic E-state index is 12.8. The number of hydrogen-bond donors (Lipinski definition) is 1. The summed E-state index contributed by atoms with van der Waals surface area (Å²) in [5.41, 5.74) is 6.63. The summed E-state index contributed by atoms with van der Waals surface area (Å²) >= 11 is 0. The molecule has 0 amide bonds. The lowest BCUT2D eigenvalue weighted by Gasteiger charge is -2.22. The number of rotatable bonds is 3. The van der Waals surface area contributed by atoms with Gasteiger partial charge in [0.1, 0.15) is 11.9 Å². The van der Waals surface area contributed by atoms with Gasteiger partial charge in [0.15, 0.2) is 0 Å². The Morgan fingerprint density at radius 1 is 1.48 bits per heavy atom. The first-order chi connectivity index (χ1) is 9.84. The summed E-state index contributed by atoms with van der Waals surface area (Å²) in [6.07, 6.45) is 1.69. The van der Waals surface area contributed by atoms with Gasteiger partial charge in [-0.3, -0.25) is 0 Å². The van der Waals surface area contributed by atoms with E-state index in [-0.39, 0.29) is 11.5 Å². The first kappa shape index (κ1) is 14.8. The van der Waals surface area contributed by atoms with E-state index >= 15 is 0 Å². The SMILES string of the molecule is CC1Cc2cc(S(=O)(=O)N3CCC(C)(CN)C3)ccc2O1. The third-order valence-corrected chi connectivity index (χ3v) is 6.36. The van der Waals surface area contributed by atoms with Crippen LogP contribution in [0.4, 0.5) is 0 Å². The van der Waals surface area contributed by atoms with Crippen LogP contribution in [0.1, 0.15) is 25.8 Å². The van der Waals surface area contributed by atoms with Crippen molar-refractivity contribution in [2.75, 3.05) is 19.6 Å². The lowest BCUT2D eigenvalue weighted by Crippen LogP contribution is -2.34. The van der Waals surface area contributed by atoms with Crippen LogP contribution in [0.15, 0.2) is 23.1 Å². The molecule has 0 bridgehead atoms. The highest BCUT2D eigenvalue weighted by Gasteiger charge is 2.39. The number of ether oxygens (including phenoxy) is 1. The van der Waals surface area contributed by atoms with Crippen LogP contribution in [0.2, 0.25) is 0 Å². The maximum absolute atomic E-state index is 12.8. The lowest BCUT2D eigenvalue weighted by atomic mass is 9.90. The van der Waals surface area contributed by atoms with Gasteiger partial charge in [0.25, 0.3) is 0 Å². The topological polar surface area (TPSA) is 72.6 Å². The summed E-state index contributed by atoms with van der Waals surface area (Å²) in [6, 6.07) is 5.17. The minimum atomic E-state index is -3.44. The Morgan fingerprint density at radius 3 is 2.90 bits per heavy atom. The van der Waals surface area contributed by atoms with Crippen molar-refractivity contribution in [1.82, 2.24) is 4.31 Å². The highest BCUT2D eigenvalue weighted by molar-refractivity contribution is 7.89. The molecule has 2 unspecified atom stereocenters. The molecule has 0 spiro atoms. The van der Waals surface area contributed by atoms with E-state index in [0.717, 1.165) is 24.2 Å². The Hall–Kier alpha value is -1.11. The molecule has 0 saturated carbocycles. The van der Waals surface area contributed by atoms with Crippen LogP contribution in [0.5, 0.6) is 5.75 Å². The van der Waals surface area contributed by atoms with Crippen molar-refractivity contribution in [3.8, 4) is 5.75 Å². The van der Waals surface area contributed by atoms with E-state index in [0.29, 0.717) is 24.5 Å². The maximum Gasteiger partial charge on any atom is 0.243 e. The van der Waals surface area contributed by atoms with Crippen molar-refractivity contribution in [2.24, 2.45) is 11.1 Å². The van der Waals surface area contributed by atoms with Gasteiger partial charge in [-0.2, -0.15) is 4.31 Å². The molecule has 0 radical (unpaired) electrons. The van der Waals surface area contributed by atoms with Crippen LogP contribution in [0.3, 0.4) is 0 Å². The number of fused-ring (bicyclic) bond motifs is 1. The third kappa shape index (κ3) is 2.56. The summed E-state index contributed by atoms with van der Waals surface area (Å²) < 4.78 is 32.7. The standard InChI is InChI=1S/C15H22N2O3S/c1-11-7-12-8-13(3-4-14(12)20-11)21(18,19)17-6-5-15(2,9-16)10-17/h3-4,8,11H,5-7,9-10,16H2,1-2H3. The predicted molar refractivity (Wildman–Crippen MR) is 80.8 cm³/mol. The minimum absolute atomic E-state index is 0.110. The molecule has 1 aromatic carbocycles. The van der Waals surface area contributed by atoms with Crippen LogP contribution in [-0.2, 0) is 16.4 Å². The fraction of sp³-hybridized carbons (Fsp3) is 0.600. The molecule has 2 heterocycles. The summed E-state index contributed by atoms with van der Waals surface area (Å²) in [7, 11) is -3.44. The quantitative estimate of drug-likeness (QED) is 0.915. The fourth-order valence-electron chi connectivity index (χ4n) is 3.06. The first-order valence-electron chi connectivity index (χ1n) is 7.34. The number of nitrogens with zero attached hydrogens (tertiary/aromatic N) is 1. The van der Waals surface area contributed by atoms with E-state index in [1.807, 2.05) is 13.8 Å². The smallest absolute Gasteiger partial charge is 0.243 e. The van der Waals surface area contributed by atoms with Gasteiger partial charge in [0.2, 0.25) is 10.0 Å². The molecule has 1 aromatic rings. The van der Waals surface area contributed by atoms with Gasteiger partial charge < -0.3 is 10.5 Å². The van der Waals surface area contributed by atoms with Crippen molar-refractivity contribution in [3.05, 3.63) is 23.8 Å². The fourth-order valence-corrected chi connectivity index (χ4v) is 4.70. The summed E-state index contributed by atoms with van der Waals surface area (Å²) in [6.45, 7) is 5.58. The van der Waals surface area contributed by atoms with Crippen LogP contribution < -0.4 is 10.5 Å². The van der Waals surface area contributed by atoms with Crippen molar-refractivity contribution < 1.29 is 13.2 Å². The van der Waals surface area contributed by atoms with Gasteiger partial charge in [0.05, 0.1) is 4.90 Å². The van der Waals surface area contributed by atoms with E-state index in [1.54, 1.807) is 22.5 Å². The number of sulfonamides is 1. The van der Waals surface area contributed by atoms with Gasteiger partial charge in [-0.15, -0.1) is 0 Å². The van der Waals surface area contributed by atoms with Gasteiger partial charge in [-0.05, 0) is 49.1 Å². The van der Waals surface area contributed by atoms with E-state index in [4.69, 9.17) is 10.5 Å². The summed E-state index contributed by atoms with van der Waals surface area (Å²) in [4.78, 5) is 0.361. The molecular formula is C15H22N2O3S. The lowest BCUT2D eigenvalue weighted by molar-refractivity contribution is 0.254. The summed E-state index contributed by atoms with van der Waals surface area (Å²) in [5, 5.41) is 0. The van der Waals surface area contributed by atoms with Crippen molar-refractivity contribution in [2.45, 2.75) is 37.7 Å². The van der Waals surface area contributed by atoms with Gasteiger partial charge in [0, 0.05) is 19.5 Å². The van der Waals surface area contributed by atoms with E-state index < -0.39 is 10.0 Å². The highest BCUT2D eigenvalue weighted by Crippen LogP contribution is 2.35. The molecule has 6 heteroatoms. The van der Waals surface area contributed by atoms with E-state index in [9.17, 15) is 8.42 Å². The van der Waals surface area contributed by atoms with Crippen LogP contribution in [-0.4, -0.2) is 38.5 Å². The van der Waals surface area contributed by atoms with Crippen LogP contribution in [0, 0.1) is 5.41 Å². The molecular weight excluding hydrogens is 288 g/mol. The predicted octanol–water partition coefficient (Wildman–Crippen LogP) is 1.37. The number of nitrogens with two attached hydrogens (primary N) is 1. The molecule has 21 heavy (non-hydrogen) atoms. The molecule has 2 aliphatic heterocycles. The normalized spacial score (nSPS) is 29.4. The largest absolute Gasteiger partial charge is 0.490 e. The van der Waals surface area contributed by atoms with Crippen molar-refractivity contribution in [3.63, 3.8) is 0 Å². The molecule has 0 aromatic heterocycles. The van der Waals surface area contributed by atoms with Gasteiger partial charge >= 0.3 is 0 Å². The average Bonchev–Trinajstić information content (AvgIpc) is 3.01. The Morgan fingerprint density at radius 2 is 2.24 bits per heavy atom. The third-order valence-electron chi connectivity index (χ3n) is 4.52. The van der Waals surface area contributed by atoms with E-state index in [1.165, 1.54) is 0 Å². The highest BCUT2D eigenvalue weighted by atomic mass is 32.2. The molecule has 1 fully saturated rings. The molecule has 116 valence electrons. The number of benzene rings is 1. The Labute approximate surface area is 126 Å². The summed E-state index contributed by atoms with van der Waals surface area (Å²) in [5.74, 6) is 0.801.